The Bertz CT molecular complexity index is 357. The molecule has 4 heteroatoms. The van der Waals surface area contributed by atoms with Crippen LogP contribution in [0.3, 0.4) is 0 Å². The Morgan fingerprint density at radius 2 is 1.90 bits per heavy atom. The SMILES string of the molecule is COC(=O)C(C)(CCN1CC2CCCC2C1)NC1CC1. The first kappa shape index (κ1) is 14.3. The summed E-state index contributed by atoms with van der Waals surface area (Å²) in [6.45, 7) is 5.50. The second kappa shape index (κ2) is 5.64. The van der Waals surface area contributed by atoms with Crippen molar-refractivity contribution < 1.29 is 9.53 Å². The number of esters is 1. The molecule has 3 unspecified atom stereocenters. The summed E-state index contributed by atoms with van der Waals surface area (Å²) in [6, 6.07) is 0.525. The Hall–Kier alpha value is -0.610. The molecule has 3 atom stereocenters. The van der Waals surface area contributed by atoms with E-state index in [-0.39, 0.29) is 5.97 Å². The van der Waals surface area contributed by atoms with Gasteiger partial charge >= 0.3 is 5.97 Å². The van der Waals surface area contributed by atoms with Gasteiger partial charge in [0, 0.05) is 25.7 Å². The smallest absolute Gasteiger partial charge is 0.325 e. The average Bonchev–Trinajstić information content (AvgIpc) is 2.98. The van der Waals surface area contributed by atoms with Crippen molar-refractivity contribution in [3.8, 4) is 0 Å². The van der Waals surface area contributed by atoms with Gasteiger partial charge in [-0.2, -0.15) is 0 Å². The number of nitrogens with zero attached hydrogens (tertiary/aromatic N) is 1. The standard InChI is InChI=1S/C16H28N2O2/c1-16(15(19)20-2,17-14-6-7-14)8-9-18-10-12-4-3-5-13(12)11-18/h12-14,17H,3-11H2,1-2H3. The van der Waals surface area contributed by atoms with Crippen LogP contribution < -0.4 is 5.32 Å². The number of carbonyl (C=O) groups excluding carboxylic acids is 1. The maximum atomic E-state index is 12.1. The van der Waals surface area contributed by atoms with Crippen LogP contribution in [0.1, 0.15) is 45.4 Å². The van der Waals surface area contributed by atoms with E-state index in [4.69, 9.17) is 4.74 Å². The van der Waals surface area contributed by atoms with Gasteiger partial charge in [0.1, 0.15) is 5.54 Å². The van der Waals surface area contributed by atoms with Crippen molar-refractivity contribution >= 4 is 5.97 Å². The monoisotopic (exact) mass is 280 g/mol. The molecule has 3 fully saturated rings. The highest BCUT2D eigenvalue weighted by atomic mass is 16.5. The van der Waals surface area contributed by atoms with Crippen LogP contribution in [0.5, 0.6) is 0 Å². The van der Waals surface area contributed by atoms with E-state index >= 15 is 0 Å². The molecule has 0 aromatic carbocycles. The normalized spacial score (nSPS) is 32.9. The van der Waals surface area contributed by atoms with Crippen molar-refractivity contribution in [2.45, 2.75) is 57.0 Å². The Kier molecular flexibility index (Phi) is 4.04. The molecule has 20 heavy (non-hydrogen) atoms. The number of nitrogens with one attached hydrogen (secondary N) is 1. The van der Waals surface area contributed by atoms with Gasteiger partial charge in [0.25, 0.3) is 0 Å². The lowest BCUT2D eigenvalue weighted by Gasteiger charge is -2.30. The van der Waals surface area contributed by atoms with E-state index in [1.807, 2.05) is 6.92 Å². The molecule has 4 nitrogen and oxygen atoms in total. The van der Waals surface area contributed by atoms with E-state index in [1.54, 1.807) is 0 Å². The minimum absolute atomic E-state index is 0.108. The van der Waals surface area contributed by atoms with Crippen LogP contribution in [0.25, 0.3) is 0 Å². The van der Waals surface area contributed by atoms with Gasteiger partial charge in [-0.15, -0.1) is 0 Å². The van der Waals surface area contributed by atoms with E-state index in [9.17, 15) is 4.79 Å². The summed E-state index contributed by atoms with van der Waals surface area (Å²) in [7, 11) is 1.50. The molecular formula is C16H28N2O2. The Balaban J connectivity index is 1.52. The fourth-order valence-corrected chi connectivity index (χ4v) is 4.03. The number of fused-ring (bicyclic) bond motifs is 1. The molecule has 0 bridgehead atoms. The zero-order valence-electron chi connectivity index (χ0n) is 12.9. The summed E-state index contributed by atoms with van der Waals surface area (Å²) in [5, 5.41) is 3.49. The molecule has 0 radical (unpaired) electrons. The number of ether oxygens (including phenoxy) is 1. The minimum Gasteiger partial charge on any atom is -0.468 e. The molecule has 3 rings (SSSR count). The Morgan fingerprint density at radius 1 is 1.25 bits per heavy atom. The molecule has 1 aliphatic heterocycles. The maximum absolute atomic E-state index is 12.1. The number of rotatable bonds is 6. The lowest BCUT2D eigenvalue weighted by molar-refractivity contribution is -0.148. The third kappa shape index (κ3) is 3.01. The van der Waals surface area contributed by atoms with Crippen molar-refractivity contribution in [1.29, 1.82) is 0 Å². The van der Waals surface area contributed by atoms with Gasteiger partial charge in [-0.3, -0.25) is 10.1 Å². The number of likely N-dealkylation sites (tertiary alicyclic amines) is 1. The third-order valence-corrected chi connectivity index (χ3v) is 5.47. The molecule has 1 heterocycles. The van der Waals surface area contributed by atoms with Gasteiger partial charge in [0.2, 0.25) is 0 Å². The number of methoxy groups -OCH3 is 1. The van der Waals surface area contributed by atoms with Crippen molar-refractivity contribution in [3.63, 3.8) is 0 Å². The first-order valence-corrected chi connectivity index (χ1v) is 8.19. The largest absolute Gasteiger partial charge is 0.468 e. The van der Waals surface area contributed by atoms with Crippen molar-refractivity contribution in [2.75, 3.05) is 26.7 Å². The first-order valence-electron chi connectivity index (χ1n) is 8.19. The molecule has 0 aromatic rings. The van der Waals surface area contributed by atoms with Crippen LogP contribution in [-0.2, 0) is 9.53 Å². The summed E-state index contributed by atoms with van der Waals surface area (Å²) in [5.41, 5.74) is -0.506. The van der Waals surface area contributed by atoms with Crippen molar-refractivity contribution in [3.05, 3.63) is 0 Å². The van der Waals surface area contributed by atoms with Crippen LogP contribution in [0.2, 0.25) is 0 Å². The summed E-state index contributed by atoms with van der Waals surface area (Å²) >= 11 is 0. The number of hydrogen-bond donors (Lipinski definition) is 1. The number of hydrogen-bond acceptors (Lipinski definition) is 4. The average molecular weight is 280 g/mol. The summed E-state index contributed by atoms with van der Waals surface area (Å²) in [5.74, 6) is 1.75. The molecule has 2 saturated carbocycles. The van der Waals surface area contributed by atoms with Gasteiger partial charge in [-0.25, -0.2) is 0 Å². The zero-order valence-corrected chi connectivity index (χ0v) is 12.9. The minimum atomic E-state index is -0.506. The quantitative estimate of drug-likeness (QED) is 0.753. The van der Waals surface area contributed by atoms with Crippen LogP contribution in [0.4, 0.5) is 0 Å². The first-order chi connectivity index (χ1) is 9.60. The fourth-order valence-electron chi connectivity index (χ4n) is 4.03. The van der Waals surface area contributed by atoms with E-state index in [1.165, 1.54) is 52.3 Å². The predicted molar refractivity (Wildman–Crippen MR) is 78.5 cm³/mol. The van der Waals surface area contributed by atoms with Crippen LogP contribution in [0, 0.1) is 11.8 Å². The molecular weight excluding hydrogens is 252 g/mol. The highest BCUT2D eigenvalue weighted by Crippen LogP contribution is 2.38. The van der Waals surface area contributed by atoms with Gasteiger partial charge in [-0.05, 0) is 50.9 Å². The van der Waals surface area contributed by atoms with Gasteiger partial charge < -0.3 is 9.64 Å². The molecule has 3 aliphatic rings. The summed E-state index contributed by atoms with van der Waals surface area (Å²) in [4.78, 5) is 14.7. The van der Waals surface area contributed by atoms with E-state index in [0.717, 1.165) is 24.8 Å². The number of carbonyl (C=O) groups is 1. The highest BCUT2D eigenvalue weighted by molar-refractivity contribution is 5.80. The van der Waals surface area contributed by atoms with Crippen molar-refractivity contribution in [2.24, 2.45) is 11.8 Å². The molecule has 114 valence electrons. The Morgan fingerprint density at radius 3 is 2.45 bits per heavy atom. The van der Waals surface area contributed by atoms with Gasteiger partial charge in [0.15, 0.2) is 0 Å². The third-order valence-electron chi connectivity index (χ3n) is 5.47. The summed E-state index contributed by atoms with van der Waals surface area (Å²) in [6.07, 6.45) is 7.49. The zero-order chi connectivity index (χ0) is 14.2. The molecule has 1 saturated heterocycles. The van der Waals surface area contributed by atoms with Crippen molar-refractivity contribution in [1.82, 2.24) is 10.2 Å². The lowest BCUT2D eigenvalue weighted by Crippen LogP contribution is -2.52. The predicted octanol–water partition coefficient (Wildman–Crippen LogP) is 1.79. The van der Waals surface area contributed by atoms with Gasteiger partial charge in [0.05, 0.1) is 7.11 Å². The topological polar surface area (TPSA) is 41.6 Å². The second-order valence-electron chi connectivity index (χ2n) is 7.20. The second-order valence-corrected chi connectivity index (χ2v) is 7.20. The summed E-state index contributed by atoms with van der Waals surface area (Å²) < 4.78 is 5.01. The highest BCUT2D eigenvalue weighted by Gasteiger charge is 2.41. The molecule has 1 N–H and O–H groups in total. The molecule has 2 aliphatic carbocycles. The van der Waals surface area contributed by atoms with Crippen LogP contribution >= 0.6 is 0 Å². The van der Waals surface area contributed by atoms with Crippen LogP contribution in [0.15, 0.2) is 0 Å². The molecule has 0 aromatic heterocycles. The maximum Gasteiger partial charge on any atom is 0.325 e. The van der Waals surface area contributed by atoms with Gasteiger partial charge in [-0.1, -0.05) is 6.42 Å². The Labute approximate surface area is 122 Å². The van der Waals surface area contributed by atoms with E-state index in [0.29, 0.717) is 6.04 Å². The lowest BCUT2D eigenvalue weighted by atomic mass is 9.97. The molecule has 0 amide bonds. The molecule has 0 spiro atoms. The fraction of sp³-hybridized carbons (Fsp3) is 0.938. The van der Waals surface area contributed by atoms with E-state index in [2.05, 4.69) is 10.2 Å². The van der Waals surface area contributed by atoms with Crippen LogP contribution in [-0.4, -0.2) is 49.2 Å². The van der Waals surface area contributed by atoms with E-state index < -0.39 is 5.54 Å².